The van der Waals surface area contributed by atoms with E-state index in [2.05, 4.69) is 0 Å². The molecule has 1 N–H and O–H groups in total. The van der Waals surface area contributed by atoms with E-state index in [0.717, 1.165) is 0 Å². The minimum absolute atomic E-state index is 0.0271. The summed E-state index contributed by atoms with van der Waals surface area (Å²) in [5.74, 6) is -1.11. The van der Waals surface area contributed by atoms with Gasteiger partial charge in [-0.3, -0.25) is 4.79 Å². The maximum absolute atomic E-state index is 11.2. The fraction of sp³-hybridized carbons (Fsp3) is 0.875. The molecule has 0 saturated carbocycles. The lowest BCUT2D eigenvalue weighted by atomic mass is 9.83. The molecule has 4 nitrogen and oxygen atoms in total. The van der Waals surface area contributed by atoms with Crippen LogP contribution < -0.4 is 0 Å². The molecule has 0 aromatic rings. The van der Waals surface area contributed by atoms with Gasteiger partial charge in [-0.15, -0.1) is 0 Å². The Kier molecular flexibility index (Phi) is 2.66. The van der Waals surface area contributed by atoms with Crippen molar-refractivity contribution in [2.75, 3.05) is 11.5 Å². The van der Waals surface area contributed by atoms with Crippen molar-refractivity contribution in [1.29, 1.82) is 0 Å². The van der Waals surface area contributed by atoms with Gasteiger partial charge in [-0.1, -0.05) is 13.3 Å². The quantitative estimate of drug-likeness (QED) is 0.737. The summed E-state index contributed by atoms with van der Waals surface area (Å²) in [6, 6.07) is 0. The number of carboxylic acids is 1. The summed E-state index contributed by atoms with van der Waals surface area (Å²) >= 11 is 0. The van der Waals surface area contributed by atoms with Gasteiger partial charge in [0, 0.05) is 0 Å². The fourth-order valence-electron chi connectivity index (χ4n) is 1.87. The Labute approximate surface area is 77.9 Å². The van der Waals surface area contributed by atoms with E-state index in [9.17, 15) is 13.2 Å². The Morgan fingerprint density at radius 2 is 2.15 bits per heavy atom. The first-order chi connectivity index (χ1) is 5.92. The molecule has 76 valence electrons. The summed E-state index contributed by atoms with van der Waals surface area (Å²) in [7, 11) is -3.10. The zero-order chi connectivity index (χ0) is 10.1. The predicted molar refractivity (Wildman–Crippen MR) is 48.2 cm³/mol. The van der Waals surface area contributed by atoms with Crippen LogP contribution in [0, 0.1) is 5.41 Å². The molecule has 1 heterocycles. The van der Waals surface area contributed by atoms with E-state index in [1.54, 1.807) is 0 Å². The molecule has 13 heavy (non-hydrogen) atoms. The first-order valence-corrected chi connectivity index (χ1v) is 6.18. The van der Waals surface area contributed by atoms with Crippen LogP contribution in [0.3, 0.4) is 0 Å². The van der Waals surface area contributed by atoms with Crippen molar-refractivity contribution in [3.8, 4) is 0 Å². The molecule has 1 aliphatic heterocycles. The second-order valence-electron chi connectivity index (χ2n) is 3.68. The Bertz CT molecular complexity index is 306. The Balaban J connectivity index is 2.90. The van der Waals surface area contributed by atoms with Crippen LogP contribution >= 0.6 is 0 Å². The van der Waals surface area contributed by atoms with E-state index in [4.69, 9.17) is 5.11 Å². The first-order valence-electron chi connectivity index (χ1n) is 4.36. The second-order valence-corrected chi connectivity index (χ2v) is 5.86. The third-order valence-electron chi connectivity index (χ3n) is 2.57. The monoisotopic (exact) mass is 206 g/mol. The van der Waals surface area contributed by atoms with Gasteiger partial charge in [-0.05, 0) is 12.8 Å². The normalized spacial score (nSPS) is 31.8. The maximum atomic E-state index is 11.2. The Morgan fingerprint density at radius 3 is 2.46 bits per heavy atom. The molecule has 0 aromatic heterocycles. The third kappa shape index (κ3) is 2.02. The molecule has 1 rings (SSSR count). The summed E-state index contributed by atoms with van der Waals surface area (Å²) in [4.78, 5) is 10.9. The molecular weight excluding hydrogens is 192 g/mol. The van der Waals surface area contributed by atoms with E-state index >= 15 is 0 Å². The topological polar surface area (TPSA) is 71.4 Å². The summed E-state index contributed by atoms with van der Waals surface area (Å²) in [6.45, 7) is 1.87. The number of carboxylic acid groups (broad SMARTS) is 1. The van der Waals surface area contributed by atoms with Crippen molar-refractivity contribution in [2.24, 2.45) is 5.41 Å². The van der Waals surface area contributed by atoms with Crippen LogP contribution in [0.2, 0.25) is 0 Å². The molecular formula is C8H14O4S. The average Bonchev–Trinajstić information content (AvgIpc) is 2.28. The van der Waals surface area contributed by atoms with E-state index in [-0.39, 0.29) is 17.9 Å². The minimum atomic E-state index is -3.10. The molecule has 0 radical (unpaired) electrons. The number of sulfone groups is 1. The molecule has 0 spiro atoms. The largest absolute Gasteiger partial charge is 0.481 e. The maximum Gasteiger partial charge on any atom is 0.310 e. The summed E-state index contributed by atoms with van der Waals surface area (Å²) in [5.41, 5.74) is -0.992. The zero-order valence-corrected chi connectivity index (χ0v) is 8.43. The molecule has 5 heteroatoms. The van der Waals surface area contributed by atoms with Crippen LogP contribution in [0.25, 0.3) is 0 Å². The van der Waals surface area contributed by atoms with Crippen LogP contribution in [-0.4, -0.2) is 31.0 Å². The van der Waals surface area contributed by atoms with Gasteiger partial charge in [-0.2, -0.15) is 0 Å². The highest BCUT2D eigenvalue weighted by molar-refractivity contribution is 7.91. The van der Waals surface area contributed by atoms with Gasteiger partial charge in [0.05, 0.1) is 16.9 Å². The number of carbonyl (C=O) groups is 1. The van der Waals surface area contributed by atoms with Gasteiger partial charge >= 0.3 is 5.97 Å². The number of hydrogen-bond acceptors (Lipinski definition) is 3. The molecule has 1 aliphatic rings. The molecule has 1 fully saturated rings. The first kappa shape index (κ1) is 10.5. The lowest BCUT2D eigenvalue weighted by Crippen LogP contribution is -2.32. The van der Waals surface area contributed by atoms with Crippen molar-refractivity contribution >= 4 is 15.8 Å². The minimum Gasteiger partial charge on any atom is -0.481 e. The predicted octanol–water partition coefficient (Wildman–Crippen LogP) is 0.676. The van der Waals surface area contributed by atoms with E-state index in [0.29, 0.717) is 12.8 Å². The van der Waals surface area contributed by atoms with E-state index in [1.807, 2.05) is 6.92 Å². The molecule has 1 unspecified atom stereocenters. The molecule has 1 atom stereocenters. The number of aliphatic carboxylic acids is 1. The summed E-state index contributed by atoms with van der Waals surface area (Å²) in [6.07, 6.45) is 1.45. The van der Waals surface area contributed by atoms with Crippen molar-refractivity contribution < 1.29 is 18.3 Å². The van der Waals surface area contributed by atoms with Crippen molar-refractivity contribution in [3.63, 3.8) is 0 Å². The van der Waals surface area contributed by atoms with Gasteiger partial charge in [0.15, 0.2) is 9.84 Å². The van der Waals surface area contributed by atoms with Crippen molar-refractivity contribution in [2.45, 2.75) is 26.2 Å². The lowest BCUT2D eigenvalue weighted by Gasteiger charge is -2.20. The third-order valence-corrected chi connectivity index (χ3v) is 4.39. The molecule has 1 saturated heterocycles. The van der Waals surface area contributed by atoms with Gasteiger partial charge in [-0.25, -0.2) is 8.42 Å². The van der Waals surface area contributed by atoms with E-state index < -0.39 is 21.2 Å². The summed E-state index contributed by atoms with van der Waals surface area (Å²) < 4.78 is 22.3. The van der Waals surface area contributed by atoms with Crippen LogP contribution in [0.5, 0.6) is 0 Å². The zero-order valence-electron chi connectivity index (χ0n) is 7.62. The number of rotatable bonds is 3. The Hall–Kier alpha value is -0.580. The van der Waals surface area contributed by atoms with Crippen molar-refractivity contribution in [1.82, 2.24) is 0 Å². The second kappa shape index (κ2) is 3.29. The van der Waals surface area contributed by atoms with Gasteiger partial charge in [0.2, 0.25) is 0 Å². The summed E-state index contributed by atoms with van der Waals surface area (Å²) in [5, 5.41) is 8.96. The smallest absolute Gasteiger partial charge is 0.310 e. The lowest BCUT2D eigenvalue weighted by molar-refractivity contribution is -0.147. The molecule has 0 bridgehead atoms. The molecule has 0 aromatic carbocycles. The number of hydrogen-bond donors (Lipinski definition) is 1. The van der Waals surface area contributed by atoms with Crippen LogP contribution in [0.1, 0.15) is 26.2 Å². The van der Waals surface area contributed by atoms with Crippen LogP contribution in [0.15, 0.2) is 0 Å². The van der Waals surface area contributed by atoms with Crippen LogP contribution in [-0.2, 0) is 14.6 Å². The highest BCUT2D eigenvalue weighted by Gasteiger charge is 2.47. The average molecular weight is 206 g/mol. The standard InChI is InChI=1S/C8H14O4S/c1-2-3-8(7(9)10)4-5-13(11,12)6-8/h2-6H2,1H3,(H,9,10). The molecule has 0 aliphatic carbocycles. The van der Waals surface area contributed by atoms with Crippen molar-refractivity contribution in [3.05, 3.63) is 0 Å². The SMILES string of the molecule is CCCC1(C(=O)O)CCS(=O)(=O)C1. The van der Waals surface area contributed by atoms with Gasteiger partial charge in [0.1, 0.15) is 0 Å². The molecule has 0 amide bonds. The fourth-order valence-corrected chi connectivity index (χ4v) is 3.97. The van der Waals surface area contributed by atoms with Gasteiger partial charge in [0.25, 0.3) is 0 Å². The highest BCUT2D eigenvalue weighted by Crippen LogP contribution is 2.36. The highest BCUT2D eigenvalue weighted by atomic mass is 32.2. The van der Waals surface area contributed by atoms with Gasteiger partial charge < -0.3 is 5.11 Å². The van der Waals surface area contributed by atoms with E-state index in [1.165, 1.54) is 0 Å². The Morgan fingerprint density at radius 1 is 1.54 bits per heavy atom. The van der Waals surface area contributed by atoms with Crippen LogP contribution in [0.4, 0.5) is 0 Å².